The van der Waals surface area contributed by atoms with Crippen molar-refractivity contribution in [1.29, 1.82) is 0 Å². The Morgan fingerprint density at radius 1 is 1.10 bits per heavy atom. The molecule has 0 aromatic heterocycles. The summed E-state index contributed by atoms with van der Waals surface area (Å²) in [6.45, 7) is 5.67. The molecule has 2 unspecified atom stereocenters. The molecule has 0 N–H and O–H groups in total. The molecule has 1 aliphatic carbocycles. The van der Waals surface area contributed by atoms with Crippen LogP contribution in [0.3, 0.4) is 0 Å². The minimum atomic E-state index is -0.225. The van der Waals surface area contributed by atoms with Crippen molar-refractivity contribution in [2.45, 2.75) is 64.5 Å². The predicted molar refractivity (Wildman–Crippen MR) is 77.0 cm³/mol. The molecule has 3 fully saturated rings. The molecular weight excluding hydrogens is 252 g/mol. The number of carbonyl (C=O) groups is 2. The largest absolute Gasteiger partial charge is 0.329 e. The van der Waals surface area contributed by atoms with E-state index in [2.05, 4.69) is 13.8 Å². The summed E-state index contributed by atoms with van der Waals surface area (Å²) in [7, 11) is 0. The molecule has 2 atom stereocenters. The van der Waals surface area contributed by atoms with Gasteiger partial charge >= 0.3 is 0 Å². The topological polar surface area (TPSA) is 40.6 Å². The van der Waals surface area contributed by atoms with Crippen molar-refractivity contribution in [3.05, 3.63) is 0 Å². The molecule has 0 bridgehead atoms. The molecule has 3 rings (SSSR count). The van der Waals surface area contributed by atoms with Gasteiger partial charge in [-0.1, -0.05) is 33.1 Å². The summed E-state index contributed by atoms with van der Waals surface area (Å²) in [5.41, 5.74) is 0. The molecule has 4 nitrogen and oxygen atoms in total. The maximum Gasteiger partial charge on any atom is 0.246 e. The van der Waals surface area contributed by atoms with Gasteiger partial charge in [-0.05, 0) is 31.1 Å². The summed E-state index contributed by atoms with van der Waals surface area (Å²) in [5, 5.41) is 0. The van der Waals surface area contributed by atoms with E-state index in [1.54, 1.807) is 0 Å². The van der Waals surface area contributed by atoms with Crippen LogP contribution in [0.25, 0.3) is 0 Å². The highest BCUT2D eigenvalue weighted by Gasteiger charge is 2.48. The van der Waals surface area contributed by atoms with E-state index in [9.17, 15) is 9.59 Å². The van der Waals surface area contributed by atoms with E-state index < -0.39 is 0 Å². The van der Waals surface area contributed by atoms with E-state index in [1.807, 2.05) is 9.80 Å². The van der Waals surface area contributed by atoms with Crippen molar-refractivity contribution >= 4 is 11.8 Å². The molecule has 2 aliphatic heterocycles. The fraction of sp³-hybridized carbons (Fsp3) is 0.875. The second-order valence-electron chi connectivity index (χ2n) is 7.00. The van der Waals surface area contributed by atoms with Crippen molar-refractivity contribution in [2.24, 2.45) is 11.8 Å². The summed E-state index contributed by atoms with van der Waals surface area (Å²) in [4.78, 5) is 29.1. The third-order valence-electron chi connectivity index (χ3n) is 5.33. The number of amides is 2. The number of piperazine rings is 1. The molecule has 0 aromatic rings. The van der Waals surface area contributed by atoms with E-state index in [1.165, 1.54) is 19.3 Å². The van der Waals surface area contributed by atoms with Crippen LogP contribution in [0.2, 0.25) is 0 Å². The van der Waals surface area contributed by atoms with Gasteiger partial charge in [-0.25, -0.2) is 0 Å². The van der Waals surface area contributed by atoms with E-state index >= 15 is 0 Å². The van der Waals surface area contributed by atoms with Gasteiger partial charge in [0.1, 0.15) is 12.1 Å². The summed E-state index contributed by atoms with van der Waals surface area (Å²) >= 11 is 0. The Labute approximate surface area is 121 Å². The Kier molecular flexibility index (Phi) is 3.74. The lowest BCUT2D eigenvalue weighted by atomic mass is 9.82. The Hall–Kier alpha value is -1.06. The first-order chi connectivity index (χ1) is 9.59. The normalized spacial score (nSPS) is 30.9. The van der Waals surface area contributed by atoms with Crippen LogP contribution in [-0.2, 0) is 9.59 Å². The molecule has 4 heteroatoms. The third-order valence-corrected chi connectivity index (χ3v) is 5.33. The number of carbonyl (C=O) groups excluding carboxylic acids is 2. The number of hydrogen-bond acceptors (Lipinski definition) is 2. The maximum atomic E-state index is 12.7. The zero-order chi connectivity index (χ0) is 14.3. The van der Waals surface area contributed by atoms with Crippen molar-refractivity contribution < 1.29 is 9.59 Å². The molecule has 2 saturated heterocycles. The second-order valence-corrected chi connectivity index (χ2v) is 7.00. The fourth-order valence-corrected chi connectivity index (χ4v) is 3.92. The van der Waals surface area contributed by atoms with E-state index in [-0.39, 0.29) is 29.8 Å². The molecule has 0 aromatic carbocycles. The summed E-state index contributed by atoms with van der Waals surface area (Å²) < 4.78 is 0. The Morgan fingerprint density at radius 2 is 1.85 bits per heavy atom. The minimum Gasteiger partial charge on any atom is -0.329 e. The summed E-state index contributed by atoms with van der Waals surface area (Å²) in [5.74, 6) is 1.39. The van der Waals surface area contributed by atoms with Gasteiger partial charge in [0, 0.05) is 13.1 Å². The van der Waals surface area contributed by atoms with Gasteiger partial charge in [0.15, 0.2) is 0 Å². The first kappa shape index (κ1) is 13.9. The van der Waals surface area contributed by atoms with E-state index in [0.29, 0.717) is 0 Å². The Balaban J connectivity index is 1.75. The van der Waals surface area contributed by atoms with Crippen molar-refractivity contribution in [3.63, 3.8) is 0 Å². The molecule has 0 radical (unpaired) electrons. The van der Waals surface area contributed by atoms with Crippen LogP contribution in [0, 0.1) is 11.8 Å². The minimum absolute atomic E-state index is 0.154. The molecule has 3 aliphatic rings. The van der Waals surface area contributed by atoms with Gasteiger partial charge in [0.25, 0.3) is 0 Å². The molecular formula is C16H26N2O2. The highest BCUT2D eigenvalue weighted by Crippen LogP contribution is 2.33. The smallest absolute Gasteiger partial charge is 0.246 e. The first-order valence-electron chi connectivity index (χ1n) is 8.20. The molecule has 2 heterocycles. The monoisotopic (exact) mass is 278 g/mol. The lowest BCUT2D eigenvalue weighted by Crippen LogP contribution is -2.64. The number of rotatable bonds is 4. The molecule has 112 valence electrons. The van der Waals surface area contributed by atoms with Crippen LogP contribution < -0.4 is 0 Å². The van der Waals surface area contributed by atoms with Crippen molar-refractivity contribution in [2.75, 3.05) is 13.1 Å². The highest BCUT2D eigenvalue weighted by molar-refractivity contribution is 5.97. The lowest BCUT2D eigenvalue weighted by Gasteiger charge is -2.44. The van der Waals surface area contributed by atoms with Crippen molar-refractivity contribution in [3.8, 4) is 0 Å². The fourth-order valence-electron chi connectivity index (χ4n) is 3.92. The second kappa shape index (κ2) is 5.38. The third kappa shape index (κ3) is 2.23. The van der Waals surface area contributed by atoms with Gasteiger partial charge in [0.05, 0.1) is 0 Å². The van der Waals surface area contributed by atoms with Gasteiger partial charge < -0.3 is 9.80 Å². The van der Waals surface area contributed by atoms with E-state index in [4.69, 9.17) is 0 Å². The Bertz CT molecular complexity index is 403. The number of hydrogen-bond donors (Lipinski definition) is 0. The van der Waals surface area contributed by atoms with Crippen LogP contribution in [0.4, 0.5) is 0 Å². The molecule has 2 amide bonds. The average molecular weight is 278 g/mol. The first-order valence-corrected chi connectivity index (χ1v) is 8.20. The number of fused-ring (bicyclic) bond motifs is 1. The van der Waals surface area contributed by atoms with Crippen molar-refractivity contribution in [1.82, 2.24) is 9.80 Å². The molecule has 0 spiro atoms. The van der Waals surface area contributed by atoms with Crippen LogP contribution in [0.1, 0.15) is 52.4 Å². The average Bonchev–Trinajstić information content (AvgIpc) is 2.82. The van der Waals surface area contributed by atoms with Gasteiger partial charge in [-0.15, -0.1) is 0 Å². The van der Waals surface area contributed by atoms with Crippen LogP contribution in [0.15, 0.2) is 0 Å². The Morgan fingerprint density at radius 3 is 2.45 bits per heavy atom. The zero-order valence-corrected chi connectivity index (χ0v) is 12.7. The van der Waals surface area contributed by atoms with Gasteiger partial charge in [0.2, 0.25) is 11.8 Å². The van der Waals surface area contributed by atoms with Crippen LogP contribution >= 0.6 is 0 Å². The van der Waals surface area contributed by atoms with Crippen LogP contribution in [-0.4, -0.2) is 46.8 Å². The number of nitrogens with zero attached hydrogens (tertiary/aromatic N) is 2. The van der Waals surface area contributed by atoms with Crippen LogP contribution in [0.5, 0.6) is 0 Å². The van der Waals surface area contributed by atoms with E-state index in [0.717, 1.165) is 38.3 Å². The van der Waals surface area contributed by atoms with Gasteiger partial charge in [-0.2, -0.15) is 0 Å². The standard InChI is InChI=1S/C16H26N2O2/c1-11(2)14-16(20)17-9-4-7-13(17)15(19)18(14)10-8-12-5-3-6-12/h11-14H,3-10H2,1-2H3. The van der Waals surface area contributed by atoms with Gasteiger partial charge in [-0.3, -0.25) is 9.59 Å². The quantitative estimate of drug-likeness (QED) is 0.789. The zero-order valence-electron chi connectivity index (χ0n) is 12.7. The molecule has 20 heavy (non-hydrogen) atoms. The maximum absolute atomic E-state index is 12.7. The summed E-state index contributed by atoms with van der Waals surface area (Å²) in [6, 6.07) is -0.379. The molecule has 1 saturated carbocycles. The summed E-state index contributed by atoms with van der Waals surface area (Å²) in [6.07, 6.45) is 6.85. The lowest BCUT2D eigenvalue weighted by molar-refractivity contribution is -0.161. The SMILES string of the molecule is CC(C)C1C(=O)N2CCCC2C(=O)N1CCC1CCC1. The predicted octanol–water partition coefficient (Wildman–Crippen LogP) is 2.03. The highest BCUT2D eigenvalue weighted by atomic mass is 16.2.